The number of nitrogens with zero attached hydrogens (tertiary/aromatic N) is 2. The van der Waals surface area contributed by atoms with Crippen LogP contribution in [0.25, 0.3) is 0 Å². The molecule has 72 valence electrons. The molecule has 0 bridgehead atoms. The van der Waals surface area contributed by atoms with Gasteiger partial charge in [0.1, 0.15) is 5.82 Å². The fourth-order valence-electron chi connectivity index (χ4n) is 1.20. The molecule has 0 aliphatic heterocycles. The predicted octanol–water partition coefficient (Wildman–Crippen LogP) is 2.58. The van der Waals surface area contributed by atoms with Crippen molar-refractivity contribution in [2.45, 2.75) is 26.7 Å². The summed E-state index contributed by atoms with van der Waals surface area (Å²) in [7, 11) is 4.04. The summed E-state index contributed by atoms with van der Waals surface area (Å²) in [6.45, 7) is 6.45. The topological polar surface area (TPSA) is 16.1 Å². The molecule has 0 fully saturated rings. The van der Waals surface area contributed by atoms with Gasteiger partial charge in [0.25, 0.3) is 0 Å². The summed E-state index contributed by atoms with van der Waals surface area (Å²) in [5.74, 6) is 1.54. The Morgan fingerprint density at radius 3 is 2.31 bits per heavy atom. The fraction of sp³-hybridized carbons (Fsp3) is 0.545. The molecular weight excluding hydrogens is 160 g/mol. The van der Waals surface area contributed by atoms with Gasteiger partial charge in [-0.15, -0.1) is 0 Å². The van der Waals surface area contributed by atoms with Crippen LogP contribution in [-0.4, -0.2) is 19.1 Å². The first-order valence-electron chi connectivity index (χ1n) is 4.66. The van der Waals surface area contributed by atoms with E-state index in [1.807, 2.05) is 19.0 Å². The fourth-order valence-corrected chi connectivity index (χ4v) is 1.20. The second-order valence-electron chi connectivity index (χ2n) is 3.98. The minimum atomic E-state index is 0.499. The molecule has 0 unspecified atom stereocenters. The van der Waals surface area contributed by atoms with Crippen molar-refractivity contribution >= 4 is 5.82 Å². The van der Waals surface area contributed by atoms with Gasteiger partial charge in [-0.3, -0.25) is 0 Å². The van der Waals surface area contributed by atoms with E-state index in [1.165, 1.54) is 11.3 Å². The van der Waals surface area contributed by atoms with Gasteiger partial charge in [-0.2, -0.15) is 0 Å². The van der Waals surface area contributed by atoms with Crippen molar-refractivity contribution in [2.75, 3.05) is 19.0 Å². The van der Waals surface area contributed by atoms with E-state index in [1.54, 1.807) is 0 Å². The van der Waals surface area contributed by atoms with Gasteiger partial charge in [0.05, 0.1) is 0 Å². The molecule has 0 aromatic carbocycles. The van der Waals surface area contributed by atoms with Crippen LogP contribution in [0.15, 0.2) is 12.1 Å². The van der Waals surface area contributed by atoms with E-state index in [2.05, 4.69) is 37.9 Å². The van der Waals surface area contributed by atoms with Gasteiger partial charge in [0.2, 0.25) is 0 Å². The maximum absolute atomic E-state index is 4.56. The molecule has 0 saturated carbocycles. The molecule has 1 rings (SSSR count). The summed E-state index contributed by atoms with van der Waals surface area (Å²) in [5, 5.41) is 0. The third kappa shape index (κ3) is 2.44. The summed E-state index contributed by atoms with van der Waals surface area (Å²) in [4.78, 5) is 6.60. The van der Waals surface area contributed by atoms with Crippen molar-refractivity contribution in [1.82, 2.24) is 4.98 Å². The summed E-state index contributed by atoms with van der Waals surface area (Å²) in [6, 6.07) is 4.25. The lowest BCUT2D eigenvalue weighted by molar-refractivity contribution is 0.816. The zero-order chi connectivity index (χ0) is 10.0. The second-order valence-corrected chi connectivity index (χ2v) is 3.98. The Morgan fingerprint density at radius 1 is 1.23 bits per heavy atom. The highest BCUT2D eigenvalue weighted by Crippen LogP contribution is 2.18. The van der Waals surface area contributed by atoms with E-state index >= 15 is 0 Å². The smallest absolute Gasteiger partial charge is 0.128 e. The summed E-state index contributed by atoms with van der Waals surface area (Å²) < 4.78 is 0. The van der Waals surface area contributed by atoms with Gasteiger partial charge >= 0.3 is 0 Å². The lowest BCUT2D eigenvalue weighted by atomic mass is 10.1. The maximum atomic E-state index is 4.56. The molecule has 2 nitrogen and oxygen atoms in total. The first-order chi connectivity index (χ1) is 6.00. The Morgan fingerprint density at radius 2 is 1.85 bits per heavy atom. The molecule has 13 heavy (non-hydrogen) atoms. The van der Waals surface area contributed by atoms with E-state index in [4.69, 9.17) is 0 Å². The molecule has 0 aliphatic carbocycles. The van der Waals surface area contributed by atoms with Crippen LogP contribution >= 0.6 is 0 Å². The number of aromatic nitrogens is 1. The summed E-state index contributed by atoms with van der Waals surface area (Å²) in [5.41, 5.74) is 2.45. The highest BCUT2D eigenvalue weighted by Gasteiger charge is 2.04. The van der Waals surface area contributed by atoms with Crippen LogP contribution in [-0.2, 0) is 0 Å². The Kier molecular flexibility index (Phi) is 2.91. The van der Waals surface area contributed by atoms with Crippen molar-refractivity contribution in [1.29, 1.82) is 0 Å². The first kappa shape index (κ1) is 10.0. The van der Waals surface area contributed by atoms with Crippen molar-refractivity contribution < 1.29 is 0 Å². The highest BCUT2D eigenvalue weighted by molar-refractivity contribution is 5.41. The van der Waals surface area contributed by atoms with Crippen LogP contribution in [0.4, 0.5) is 5.82 Å². The monoisotopic (exact) mass is 178 g/mol. The Balaban J connectivity index is 3.11. The van der Waals surface area contributed by atoms with Crippen LogP contribution in [0.1, 0.15) is 31.0 Å². The van der Waals surface area contributed by atoms with Crippen LogP contribution in [0, 0.1) is 6.92 Å². The molecule has 0 spiro atoms. The molecule has 0 saturated heterocycles. The van der Waals surface area contributed by atoms with E-state index in [-0.39, 0.29) is 0 Å². The lowest BCUT2D eigenvalue weighted by Gasteiger charge is -2.15. The van der Waals surface area contributed by atoms with E-state index in [0.717, 1.165) is 5.82 Å². The van der Waals surface area contributed by atoms with Crippen molar-refractivity contribution in [3.63, 3.8) is 0 Å². The Hall–Kier alpha value is -1.05. The van der Waals surface area contributed by atoms with E-state index < -0.39 is 0 Å². The molecule has 0 N–H and O–H groups in total. The molecular formula is C11H18N2. The SMILES string of the molecule is Cc1cc(C(C)C)nc(N(C)C)c1. The highest BCUT2D eigenvalue weighted by atomic mass is 15.1. The largest absolute Gasteiger partial charge is 0.363 e. The quantitative estimate of drug-likeness (QED) is 0.692. The second kappa shape index (κ2) is 3.77. The molecule has 1 heterocycles. The average Bonchev–Trinajstić information content (AvgIpc) is 2.03. The summed E-state index contributed by atoms with van der Waals surface area (Å²) in [6.07, 6.45) is 0. The molecule has 1 aromatic rings. The number of hydrogen-bond acceptors (Lipinski definition) is 2. The predicted molar refractivity (Wildman–Crippen MR) is 57.4 cm³/mol. The van der Waals surface area contributed by atoms with Crippen LogP contribution < -0.4 is 4.90 Å². The van der Waals surface area contributed by atoms with Gasteiger partial charge < -0.3 is 4.90 Å². The molecule has 1 aromatic heterocycles. The summed E-state index contributed by atoms with van der Waals surface area (Å²) >= 11 is 0. The van der Waals surface area contributed by atoms with Gasteiger partial charge in [-0.05, 0) is 30.5 Å². The van der Waals surface area contributed by atoms with Crippen LogP contribution in [0.3, 0.4) is 0 Å². The number of pyridine rings is 1. The molecule has 0 amide bonds. The van der Waals surface area contributed by atoms with Gasteiger partial charge in [0, 0.05) is 19.8 Å². The first-order valence-corrected chi connectivity index (χ1v) is 4.66. The van der Waals surface area contributed by atoms with Crippen LogP contribution in [0.2, 0.25) is 0 Å². The Labute approximate surface area is 80.6 Å². The third-order valence-electron chi connectivity index (χ3n) is 2.03. The van der Waals surface area contributed by atoms with Crippen molar-refractivity contribution in [3.8, 4) is 0 Å². The van der Waals surface area contributed by atoms with E-state index in [0.29, 0.717) is 5.92 Å². The van der Waals surface area contributed by atoms with Gasteiger partial charge in [-0.1, -0.05) is 13.8 Å². The number of hydrogen-bond donors (Lipinski definition) is 0. The van der Waals surface area contributed by atoms with Gasteiger partial charge in [-0.25, -0.2) is 4.98 Å². The number of aryl methyl sites for hydroxylation is 1. The standard InChI is InChI=1S/C11H18N2/c1-8(2)10-6-9(3)7-11(12-10)13(4)5/h6-8H,1-5H3. The average molecular weight is 178 g/mol. The number of anilines is 1. The molecule has 0 atom stereocenters. The molecule has 0 radical (unpaired) electrons. The van der Waals surface area contributed by atoms with Crippen molar-refractivity contribution in [3.05, 3.63) is 23.4 Å². The zero-order valence-electron chi connectivity index (χ0n) is 9.13. The van der Waals surface area contributed by atoms with E-state index in [9.17, 15) is 0 Å². The van der Waals surface area contributed by atoms with Crippen molar-refractivity contribution in [2.24, 2.45) is 0 Å². The lowest BCUT2D eigenvalue weighted by Crippen LogP contribution is -2.12. The minimum Gasteiger partial charge on any atom is -0.363 e. The van der Waals surface area contributed by atoms with Crippen LogP contribution in [0.5, 0.6) is 0 Å². The molecule has 0 aliphatic rings. The normalized spacial score (nSPS) is 10.6. The third-order valence-corrected chi connectivity index (χ3v) is 2.03. The number of rotatable bonds is 2. The van der Waals surface area contributed by atoms with Gasteiger partial charge in [0.15, 0.2) is 0 Å². The Bertz CT molecular complexity index is 264. The zero-order valence-corrected chi connectivity index (χ0v) is 9.13. The minimum absolute atomic E-state index is 0.499. The maximum Gasteiger partial charge on any atom is 0.128 e. The molecule has 2 heteroatoms.